The van der Waals surface area contributed by atoms with Gasteiger partial charge in [-0.1, -0.05) is 60.7 Å². The van der Waals surface area contributed by atoms with Gasteiger partial charge in [-0.15, -0.1) is 0 Å². The van der Waals surface area contributed by atoms with Gasteiger partial charge >= 0.3 is 18.1 Å². The van der Waals surface area contributed by atoms with Gasteiger partial charge in [-0.2, -0.15) is 13.2 Å². The molecule has 1 N–H and O–H groups in total. The van der Waals surface area contributed by atoms with E-state index in [0.29, 0.717) is 11.1 Å². The number of hydrogen-bond acceptors (Lipinski definition) is 3. The first-order chi connectivity index (χ1) is 14.3. The van der Waals surface area contributed by atoms with Gasteiger partial charge in [-0.3, -0.25) is 4.79 Å². The average molecular weight is 413 g/mol. The molecule has 0 saturated carbocycles. The van der Waals surface area contributed by atoms with Gasteiger partial charge in [0.15, 0.2) is 0 Å². The molecule has 1 amide bonds. The van der Waals surface area contributed by atoms with E-state index >= 15 is 0 Å². The van der Waals surface area contributed by atoms with Crippen LogP contribution in [-0.2, 0) is 16.1 Å². The van der Waals surface area contributed by atoms with Crippen LogP contribution >= 0.6 is 0 Å². The van der Waals surface area contributed by atoms with Crippen molar-refractivity contribution < 1.29 is 27.5 Å². The maximum absolute atomic E-state index is 12.2. The highest BCUT2D eigenvalue weighted by atomic mass is 19.4. The van der Waals surface area contributed by atoms with Crippen molar-refractivity contribution in [2.75, 3.05) is 7.11 Å². The predicted molar refractivity (Wildman–Crippen MR) is 107 cm³/mol. The second-order valence-corrected chi connectivity index (χ2v) is 6.52. The third-order valence-corrected chi connectivity index (χ3v) is 4.52. The number of nitrogens with one attached hydrogen (secondary N) is 1. The summed E-state index contributed by atoms with van der Waals surface area (Å²) < 4.78 is 41.4. The molecule has 0 aromatic heterocycles. The van der Waals surface area contributed by atoms with E-state index in [1.165, 1.54) is 7.11 Å². The summed E-state index contributed by atoms with van der Waals surface area (Å²) in [4.78, 5) is 22.4. The van der Waals surface area contributed by atoms with Crippen LogP contribution in [0.25, 0.3) is 22.3 Å². The molecule has 0 heterocycles. The van der Waals surface area contributed by atoms with Crippen LogP contribution < -0.4 is 5.32 Å². The molecule has 0 aliphatic heterocycles. The van der Waals surface area contributed by atoms with Crippen molar-refractivity contribution in [1.82, 2.24) is 5.32 Å². The topological polar surface area (TPSA) is 55.4 Å². The van der Waals surface area contributed by atoms with Gasteiger partial charge in [0, 0.05) is 6.54 Å². The molecule has 0 fully saturated rings. The highest BCUT2D eigenvalue weighted by molar-refractivity contribution is 5.90. The molecule has 30 heavy (non-hydrogen) atoms. The minimum absolute atomic E-state index is 0.195. The molecule has 7 heteroatoms. The van der Waals surface area contributed by atoms with Crippen LogP contribution in [0.5, 0.6) is 0 Å². The smallest absolute Gasteiger partial charge is 0.465 e. The Balaban J connectivity index is 1.67. The Kier molecular flexibility index (Phi) is 6.20. The van der Waals surface area contributed by atoms with E-state index in [9.17, 15) is 22.8 Å². The number of alkyl halides is 3. The van der Waals surface area contributed by atoms with E-state index in [1.807, 2.05) is 41.7 Å². The Morgan fingerprint density at radius 2 is 1.17 bits per heavy atom. The first-order valence-corrected chi connectivity index (χ1v) is 9.01. The Labute approximate surface area is 171 Å². The van der Waals surface area contributed by atoms with Gasteiger partial charge in [-0.05, 0) is 39.9 Å². The quantitative estimate of drug-likeness (QED) is 0.600. The fourth-order valence-electron chi connectivity index (χ4n) is 2.87. The molecule has 4 nitrogen and oxygen atoms in total. The zero-order chi connectivity index (χ0) is 21.7. The van der Waals surface area contributed by atoms with Crippen LogP contribution in [0.1, 0.15) is 15.9 Å². The van der Waals surface area contributed by atoms with Gasteiger partial charge in [0.2, 0.25) is 0 Å². The van der Waals surface area contributed by atoms with Gasteiger partial charge in [0.1, 0.15) is 0 Å². The third-order valence-electron chi connectivity index (χ3n) is 4.52. The Morgan fingerprint density at radius 3 is 1.57 bits per heavy atom. The summed E-state index contributed by atoms with van der Waals surface area (Å²) in [6.45, 7) is -0.195. The Bertz CT molecular complexity index is 1030. The summed E-state index contributed by atoms with van der Waals surface area (Å²) in [6.07, 6.45) is -4.89. The zero-order valence-corrected chi connectivity index (χ0v) is 16.0. The average Bonchev–Trinajstić information content (AvgIpc) is 2.77. The fraction of sp³-hybridized carbons (Fsp3) is 0.130. The Hall–Kier alpha value is -3.61. The number of hydrogen-bond donors (Lipinski definition) is 1. The molecule has 0 spiro atoms. The van der Waals surface area contributed by atoms with Crippen molar-refractivity contribution >= 4 is 11.9 Å². The van der Waals surface area contributed by atoms with Crippen LogP contribution in [0.2, 0.25) is 0 Å². The molecular formula is C23H18F3NO3. The molecule has 0 unspecified atom stereocenters. The van der Waals surface area contributed by atoms with Crippen molar-refractivity contribution in [2.45, 2.75) is 12.7 Å². The summed E-state index contributed by atoms with van der Waals surface area (Å²) in [5.41, 5.74) is 4.80. The van der Waals surface area contributed by atoms with Crippen LogP contribution in [0, 0.1) is 0 Å². The molecule has 0 bridgehead atoms. The lowest BCUT2D eigenvalue weighted by atomic mass is 9.99. The normalized spacial score (nSPS) is 11.1. The summed E-state index contributed by atoms with van der Waals surface area (Å²) in [6, 6.07) is 21.8. The zero-order valence-electron chi connectivity index (χ0n) is 16.0. The molecule has 0 saturated heterocycles. The molecule has 3 rings (SSSR count). The number of halogens is 3. The number of esters is 1. The van der Waals surface area contributed by atoms with Crippen LogP contribution in [0.4, 0.5) is 13.2 Å². The second kappa shape index (κ2) is 8.82. The SMILES string of the molecule is COC(=O)c1ccc(-c2ccc(-c3ccc(CNC(=O)C(F)(F)F)cc3)cc2)cc1. The molecule has 154 valence electrons. The summed E-state index contributed by atoms with van der Waals surface area (Å²) in [5.74, 6) is -2.35. The van der Waals surface area contributed by atoms with Crippen LogP contribution in [-0.4, -0.2) is 25.2 Å². The van der Waals surface area contributed by atoms with Gasteiger partial charge < -0.3 is 10.1 Å². The second-order valence-electron chi connectivity index (χ2n) is 6.52. The minimum atomic E-state index is -4.89. The largest absolute Gasteiger partial charge is 0.471 e. The maximum atomic E-state index is 12.2. The number of ether oxygens (including phenoxy) is 1. The van der Waals surface area contributed by atoms with E-state index in [2.05, 4.69) is 4.74 Å². The van der Waals surface area contributed by atoms with Crippen molar-refractivity contribution in [3.8, 4) is 22.3 Å². The Morgan fingerprint density at radius 1 is 0.767 bits per heavy atom. The number of benzene rings is 3. The van der Waals surface area contributed by atoms with E-state index in [4.69, 9.17) is 0 Å². The van der Waals surface area contributed by atoms with Crippen molar-refractivity contribution in [3.05, 3.63) is 83.9 Å². The van der Waals surface area contributed by atoms with Crippen molar-refractivity contribution in [3.63, 3.8) is 0 Å². The van der Waals surface area contributed by atoms with Crippen LogP contribution in [0.15, 0.2) is 72.8 Å². The minimum Gasteiger partial charge on any atom is -0.465 e. The summed E-state index contributed by atoms with van der Waals surface area (Å²) in [7, 11) is 1.33. The predicted octanol–water partition coefficient (Wildman–Crippen LogP) is 4.99. The number of carbonyl (C=O) groups is 2. The lowest BCUT2D eigenvalue weighted by Gasteiger charge is -2.09. The number of rotatable bonds is 5. The molecule has 0 aliphatic rings. The highest BCUT2D eigenvalue weighted by Crippen LogP contribution is 2.25. The molecule has 0 radical (unpaired) electrons. The molecule has 0 aliphatic carbocycles. The fourth-order valence-corrected chi connectivity index (χ4v) is 2.87. The van der Waals surface area contributed by atoms with E-state index in [1.54, 1.807) is 36.4 Å². The molecule has 3 aromatic rings. The highest BCUT2D eigenvalue weighted by Gasteiger charge is 2.38. The van der Waals surface area contributed by atoms with E-state index in [-0.39, 0.29) is 6.54 Å². The maximum Gasteiger partial charge on any atom is 0.471 e. The lowest BCUT2D eigenvalue weighted by Crippen LogP contribution is -2.36. The standard InChI is InChI=1S/C23H18F3NO3/c1-30-21(28)20-12-10-19(11-13-20)18-8-6-17(7-9-18)16-4-2-15(3-5-16)14-27-22(29)23(24,25)26/h2-13H,14H2,1H3,(H,27,29). The third kappa shape index (κ3) is 5.05. The molecular weight excluding hydrogens is 395 g/mol. The molecule has 3 aromatic carbocycles. The summed E-state index contributed by atoms with van der Waals surface area (Å²) in [5, 5.41) is 1.85. The first-order valence-electron chi connectivity index (χ1n) is 9.01. The van der Waals surface area contributed by atoms with E-state index in [0.717, 1.165) is 22.3 Å². The van der Waals surface area contributed by atoms with Crippen molar-refractivity contribution in [1.29, 1.82) is 0 Å². The molecule has 0 atom stereocenters. The first kappa shape index (κ1) is 21.1. The number of methoxy groups -OCH3 is 1. The van der Waals surface area contributed by atoms with Gasteiger partial charge in [-0.25, -0.2) is 4.79 Å². The van der Waals surface area contributed by atoms with E-state index < -0.39 is 18.1 Å². The number of amides is 1. The number of carbonyl (C=O) groups excluding carboxylic acids is 2. The van der Waals surface area contributed by atoms with Crippen molar-refractivity contribution in [2.24, 2.45) is 0 Å². The summed E-state index contributed by atoms with van der Waals surface area (Å²) >= 11 is 0. The van der Waals surface area contributed by atoms with Gasteiger partial charge in [0.25, 0.3) is 0 Å². The monoisotopic (exact) mass is 413 g/mol. The van der Waals surface area contributed by atoms with Crippen LogP contribution in [0.3, 0.4) is 0 Å². The lowest BCUT2D eigenvalue weighted by molar-refractivity contribution is -0.173. The van der Waals surface area contributed by atoms with Gasteiger partial charge in [0.05, 0.1) is 12.7 Å².